The number of benzene rings is 2. The normalized spacial score (nSPS) is 11.3. The third-order valence-corrected chi connectivity index (χ3v) is 4.93. The third-order valence-electron chi connectivity index (χ3n) is 4.93. The van der Waals surface area contributed by atoms with Crippen molar-refractivity contribution >= 4 is 5.91 Å². The summed E-state index contributed by atoms with van der Waals surface area (Å²) in [6.45, 7) is 0. The molecule has 4 rings (SSSR count). The first kappa shape index (κ1) is 21.4. The Labute approximate surface area is 188 Å². The molecule has 0 spiro atoms. The van der Waals surface area contributed by atoms with E-state index in [0.717, 1.165) is 5.56 Å². The number of hydrogen-bond donors (Lipinski definition) is 2. The number of rotatable bonds is 6. The van der Waals surface area contributed by atoms with Crippen LogP contribution in [0.25, 0.3) is 11.5 Å². The molecule has 1 atom stereocenters. The van der Waals surface area contributed by atoms with Gasteiger partial charge in [-0.1, -0.05) is 24.3 Å². The predicted octanol–water partition coefficient (Wildman–Crippen LogP) is 2.63. The van der Waals surface area contributed by atoms with Gasteiger partial charge in [0.2, 0.25) is 0 Å². The Balaban J connectivity index is 1.67. The van der Waals surface area contributed by atoms with E-state index in [9.17, 15) is 14.9 Å². The number of aromatic amines is 1. The molecule has 2 N–H and O–H groups in total. The Morgan fingerprint density at radius 3 is 2.61 bits per heavy atom. The molecular formula is C24H18N6O3. The fraction of sp³-hybridized carbons (Fsp3) is 0.0833. The smallest absolute Gasteiger partial charge is 0.264 e. The molecule has 2 aromatic carbocycles. The van der Waals surface area contributed by atoms with Gasteiger partial charge in [0.15, 0.2) is 5.82 Å². The fourth-order valence-corrected chi connectivity index (χ4v) is 3.27. The maximum Gasteiger partial charge on any atom is 0.264 e. The Kier molecular flexibility index (Phi) is 6.18. The number of hydrogen-bond acceptors (Lipinski definition) is 7. The first-order valence-electron chi connectivity index (χ1n) is 9.91. The molecular weight excluding hydrogens is 420 g/mol. The Bertz CT molecular complexity index is 1380. The highest BCUT2D eigenvalue weighted by atomic mass is 16.5. The van der Waals surface area contributed by atoms with E-state index < -0.39 is 17.5 Å². The number of carbonyl (C=O) groups is 1. The van der Waals surface area contributed by atoms with Crippen molar-refractivity contribution in [2.45, 2.75) is 6.04 Å². The zero-order valence-corrected chi connectivity index (χ0v) is 17.5. The van der Waals surface area contributed by atoms with E-state index in [0.29, 0.717) is 22.6 Å². The van der Waals surface area contributed by atoms with Crippen molar-refractivity contribution in [2.75, 3.05) is 7.11 Å². The van der Waals surface area contributed by atoms with Crippen molar-refractivity contribution in [3.63, 3.8) is 0 Å². The van der Waals surface area contributed by atoms with E-state index in [2.05, 4.69) is 31.6 Å². The highest BCUT2D eigenvalue weighted by Crippen LogP contribution is 2.25. The Morgan fingerprint density at radius 1 is 1.12 bits per heavy atom. The number of aromatic nitrogens is 4. The predicted molar refractivity (Wildman–Crippen MR) is 119 cm³/mol. The number of ether oxygens (including phenoxy) is 1. The second kappa shape index (κ2) is 9.53. The van der Waals surface area contributed by atoms with Crippen molar-refractivity contribution in [3.05, 3.63) is 106 Å². The zero-order chi connectivity index (χ0) is 23.2. The number of nitrogens with zero attached hydrogens (tertiary/aromatic N) is 4. The molecule has 0 aliphatic rings. The summed E-state index contributed by atoms with van der Waals surface area (Å²) in [6.07, 6.45) is 2.71. The Hall–Kier alpha value is -4.84. The molecule has 9 heteroatoms. The van der Waals surface area contributed by atoms with Crippen LogP contribution >= 0.6 is 0 Å². The number of nitriles is 1. The molecule has 33 heavy (non-hydrogen) atoms. The minimum absolute atomic E-state index is 0.155. The average molecular weight is 438 g/mol. The van der Waals surface area contributed by atoms with Gasteiger partial charge in [-0.15, -0.1) is 5.10 Å². The summed E-state index contributed by atoms with van der Waals surface area (Å²) in [7, 11) is 1.56. The SMILES string of the molecule is COc1ccc(C(NC(=O)c2cnc(-c3cccnn3)[nH]c2=O)c2cccc(C#N)c2)cc1. The minimum atomic E-state index is -0.615. The van der Waals surface area contributed by atoms with Crippen LogP contribution in [-0.4, -0.2) is 33.2 Å². The lowest BCUT2D eigenvalue weighted by Gasteiger charge is -2.20. The molecule has 0 bridgehead atoms. The number of nitrogens with one attached hydrogen (secondary N) is 2. The number of H-pyrrole nitrogens is 1. The van der Waals surface area contributed by atoms with Gasteiger partial charge in [0.25, 0.3) is 11.5 Å². The van der Waals surface area contributed by atoms with Gasteiger partial charge in [-0.2, -0.15) is 10.4 Å². The van der Waals surface area contributed by atoms with Crippen LogP contribution < -0.4 is 15.6 Å². The van der Waals surface area contributed by atoms with Gasteiger partial charge in [0, 0.05) is 12.4 Å². The van der Waals surface area contributed by atoms with Crippen molar-refractivity contribution in [3.8, 4) is 23.3 Å². The monoisotopic (exact) mass is 438 g/mol. The van der Waals surface area contributed by atoms with Crippen LogP contribution in [0.5, 0.6) is 5.75 Å². The van der Waals surface area contributed by atoms with Crippen molar-refractivity contribution < 1.29 is 9.53 Å². The standard InChI is InChI=1S/C24H18N6O3/c1-33-18-9-7-16(8-10-18)21(17-5-2-4-15(12-17)13-25)28-23(31)19-14-26-22(29-24(19)32)20-6-3-11-27-30-20/h2-12,14,21H,1H3,(H,28,31)(H,26,29,32). The summed E-state index contributed by atoms with van der Waals surface area (Å²) < 4.78 is 5.21. The van der Waals surface area contributed by atoms with Crippen molar-refractivity contribution in [2.24, 2.45) is 0 Å². The molecule has 1 amide bonds. The molecule has 0 aliphatic carbocycles. The van der Waals surface area contributed by atoms with E-state index in [4.69, 9.17) is 4.74 Å². The summed E-state index contributed by atoms with van der Waals surface area (Å²) in [5.74, 6) is 0.255. The van der Waals surface area contributed by atoms with Crippen LogP contribution in [0.1, 0.15) is 33.1 Å². The first-order valence-corrected chi connectivity index (χ1v) is 9.91. The van der Waals surface area contributed by atoms with E-state index in [-0.39, 0.29) is 11.4 Å². The van der Waals surface area contributed by atoms with Gasteiger partial charge in [0.05, 0.1) is 24.8 Å². The Morgan fingerprint density at radius 2 is 1.94 bits per heavy atom. The maximum absolute atomic E-state index is 13.1. The van der Waals surface area contributed by atoms with Crippen LogP contribution in [0.4, 0.5) is 0 Å². The van der Waals surface area contributed by atoms with E-state index in [1.54, 1.807) is 55.6 Å². The van der Waals surface area contributed by atoms with E-state index in [1.165, 1.54) is 12.4 Å². The molecule has 2 aromatic heterocycles. The zero-order valence-electron chi connectivity index (χ0n) is 17.5. The van der Waals surface area contributed by atoms with Crippen LogP contribution in [0, 0.1) is 11.3 Å². The lowest BCUT2D eigenvalue weighted by atomic mass is 9.97. The average Bonchev–Trinajstić information content (AvgIpc) is 2.87. The molecule has 9 nitrogen and oxygen atoms in total. The molecule has 1 unspecified atom stereocenters. The van der Waals surface area contributed by atoms with Crippen LogP contribution in [0.3, 0.4) is 0 Å². The lowest BCUT2D eigenvalue weighted by Crippen LogP contribution is -2.33. The van der Waals surface area contributed by atoms with Crippen LogP contribution in [0.15, 0.2) is 77.9 Å². The molecule has 0 radical (unpaired) electrons. The lowest BCUT2D eigenvalue weighted by molar-refractivity contribution is 0.0941. The van der Waals surface area contributed by atoms with E-state index >= 15 is 0 Å². The van der Waals surface area contributed by atoms with Crippen molar-refractivity contribution in [1.82, 2.24) is 25.5 Å². The van der Waals surface area contributed by atoms with Gasteiger partial charge in [0.1, 0.15) is 17.0 Å². The molecule has 162 valence electrons. The fourth-order valence-electron chi connectivity index (χ4n) is 3.27. The van der Waals surface area contributed by atoms with Gasteiger partial charge in [-0.3, -0.25) is 9.59 Å². The van der Waals surface area contributed by atoms with Gasteiger partial charge in [-0.25, -0.2) is 4.98 Å². The molecule has 0 aliphatic heterocycles. The van der Waals surface area contributed by atoms with Crippen LogP contribution in [-0.2, 0) is 0 Å². The second-order valence-corrected chi connectivity index (χ2v) is 7.00. The van der Waals surface area contributed by atoms with E-state index in [1.807, 2.05) is 12.1 Å². The summed E-state index contributed by atoms with van der Waals surface area (Å²) in [5.41, 5.74) is 1.51. The largest absolute Gasteiger partial charge is 0.497 e. The summed E-state index contributed by atoms with van der Waals surface area (Å²) >= 11 is 0. The first-order chi connectivity index (χ1) is 16.1. The van der Waals surface area contributed by atoms with Crippen molar-refractivity contribution in [1.29, 1.82) is 5.26 Å². The van der Waals surface area contributed by atoms with Crippen LogP contribution in [0.2, 0.25) is 0 Å². The molecule has 0 fully saturated rings. The molecule has 0 saturated heterocycles. The maximum atomic E-state index is 13.1. The topological polar surface area (TPSA) is 134 Å². The second-order valence-electron chi connectivity index (χ2n) is 7.00. The summed E-state index contributed by atoms with van der Waals surface area (Å²) in [5, 5.41) is 19.8. The molecule has 0 saturated carbocycles. The van der Waals surface area contributed by atoms with Gasteiger partial charge >= 0.3 is 0 Å². The quantitative estimate of drug-likeness (QED) is 0.473. The summed E-state index contributed by atoms with van der Waals surface area (Å²) in [6, 6.07) is 18.9. The summed E-state index contributed by atoms with van der Waals surface area (Å²) in [4.78, 5) is 32.4. The minimum Gasteiger partial charge on any atom is -0.497 e. The molecule has 2 heterocycles. The number of carbonyl (C=O) groups excluding carboxylic acids is 1. The molecule has 4 aromatic rings. The van der Waals surface area contributed by atoms with Gasteiger partial charge in [-0.05, 0) is 47.5 Å². The number of methoxy groups -OCH3 is 1. The number of amides is 1. The third kappa shape index (κ3) is 4.75. The highest BCUT2D eigenvalue weighted by Gasteiger charge is 2.21. The van der Waals surface area contributed by atoms with Gasteiger partial charge < -0.3 is 15.0 Å². The highest BCUT2D eigenvalue weighted by molar-refractivity contribution is 5.94.